The Morgan fingerprint density at radius 2 is 1.68 bits per heavy atom. The summed E-state index contributed by atoms with van der Waals surface area (Å²) in [5, 5.41) is 2.80. The SMILES string of the molecule is C[C@H]1C(=O)Nc2ccc(S(=O)(=O)NC34CC5CC(CC(C5)C3)C4)cc21. The van der Waals surface area contributed by atoms with Crippen LogP contribution in [0, 0.1) is 17.8 Å². The van der Waals surface area contributed by atoms with Gasteiger partial charge in [0, 0.05) is 11.2 Å². The first kappa shape index (κ1) is 15.8. The normalized spacial score (nSPS) is 38.7. The second kappa shape index (κ2) is 5.07. The summed E-state index contributed by atoms with van der Waals surface area (Å²) in [6.45, 7) is 1.81. The molecule has 0 saturated heterocycles. The molecule has 1 aromatic carbocycles. The zero-order chi connectivity index (χ0) is 17.4. The lowest BCUT2D eigenvalue weighted by molar-refractivity contribution is -0.116. The van der Waals surface area contributed by atoms with Gasteiger partial charge < -0.3 is 5.32 Å². The number of anilines is 1. The van der Waals surface area contributed by atoms with Gasteiger partial charge >= 0.3 is 0 Å². The van der Waals surface area contributed by atoms with Gasteiger partial charge in [-0.05, 0) is 87.0 Å². The largest absolute Gasteiger partial charge is 0.325 e. The molecule has 1 heterocycles. The van der Waals surface area contributed by atoms with E-state index >= 15 is 0 Å². The third-order valence-corrected chi connectivity index (χ3v) is 8.42. The average molecular weight is 360 g/mol. The fourth-order valence-corrected chi connectivity index (χ4v) is 7.61. The van der Waals surface area contributed by atoms with Crippen LogP contribution < -0.4 is 10.0 Å². The van der Waals surface area contributed by atoms with E-state index in [9.17, 15) is 13.2 Å². The van der Waals surface area contributed by atoms with Gasteiger partial charge in [0.25, 0.3) is 0 Å². The van der Waals surface area contributed by atoms with E-state index in [4.69, 9.17) is 0 Å². The maximum atomic E-state index is 13.1. The van der Waals surface area contributed by atoms with Crippen molar-refractivity contribution >= 4 is 21.6 Å². The molecular formula is C19H24N2O3S. The van der Waals surface area contributed by atoms with Gasteiger partial charge in [-0.1, -0.05) is 0 Å². The number of rotatable bonds is 3. The van der Waals surface area contributed by atoms with E-state index in [0.29, 0.717) is 17.8 Å². The number of amides is 1. The number of carbonyl (C=O) groups excluding carboxylic acids is 1. The van der Waals surface area contributed by atoms with E-state index in [-0.39, 0.29) is 22.3 Å². The summed E-state index contributed by atoms with van der Waals surface area (Å²) in [6.07, 6.45) is 6.81. The van der Waals surface area contributed by atoms with Crippen molar-refractivity contribution in [3.05, 3.63) is 23.8 Å². The van der Waals surface area contributed by atoms with Crippen molar-refractivity contribution in [2.24, 2.45) is 17.8 Å². The third-order valence-electron chi connectivity index (χ3n) is 6.84. The molecule has 0 radical (unpaired) electrons. The van der Waals surface area contributed by atoms with Crippen molar-refractivity contribution in [3.63, 3.8) is 0 Å². The first-order chi connectivity index (χ1) is 11.8. The standard InChI is InChI=1S/C19H24N2O3S/c1-11-16-7-15(2-3-17(16)20-18(11)22)25(23,24)21-19-8-12-4-13(9-19)6-14(5-12)10-19/h2-3,7,11-14,21H,4-6,8-10H2,1H3,(H,20,22)/t11-,12?,13?,14?,19?/m1/s1. The predicted molar refractivity (Wildman–Crippen MR) is 94.7 cm³/mol. The Labute approximate surface area is 148 Å². The average Bonchev–Trinajstić information content (AvgIpc) is 2.79. The number of benzene rings is 1. The summed E-state index contributed by atoms with van der Waals surface area (Å²) in [4.78, 5) is 12.1. The van der Waals surface area contributed by atoms with E-state index in [1.165, 1.54) is 19.3 Å². The molecule has 1 atom stereocenters. The van der Waals surface area contributed by atoms with E-state index in [1.807, 2.05) is 6.92 Å². The maximum absolute atomic E-state index is 13.1. The Hall–Kier alpha value is -1.40. The van der Waals surface area contributed by atoms with E-state index in [0.717, 1.165) is 30.5 Å². The molecular weight excluding hydrogens is 336 g/mol. The lowest BCUT2D eigenvalue weighted by Crippen LogP contribution is -2.59. The minimum Gasteiger partial charge on any atom is -0.325 e. The highest BCUT2D eigenvalue weighted by Crippen LogP contribution is 2.56. The molecule has 0 aromatic heterocycles. The highest BCUT2D eigenvalue weighted by molar-refractivity contribution is 7.89. The molecule has 1 aromatic rings. The molecule has 134 valence electrons. The van der Waals surface area contributed by atoms with Gasteiger partial charge in [0.15, 0.2) is 0 Å². The topological polar surface area (TPSA) is 75.3 Å². The van der Waals surface area contributed by atoms with E-state index in [2.05, 4.69) is 10.0 Å². The molecule has 0 spiro atoms. The lowest BCUT2D eigenvalue weighted by Gasteiger charge is -2.56. The van der Waals surface area contributed by atoms with Crippen molar-refractivity contribution in [2.45, 2.75) is 61.8 Å². The molecule has 4 bridgehead atoms. The number of hydrogen-bond acceptors (Lipinski definition) is 3. The third kappa shape index (κ3) is 2.45. The summed E-state index contributed by atoms with van der Waals surface area (Å²) in [6, 6.07) is 4.99. The predicted octanol–water partition coefficient (Wildman–Crippen LogP) is 2.99. The smallest absolute Gasteiger partial charge is 0.241 e. The van der Waals surface area contributed by atoms with Crippen LogP contribution in [-0.4, -0.2) is 19.9 Å². The Balaban J connectivity index is 1.46. The summed E-state index contributed by atoms with van der Waals surface area (Å²) in [5.74, 6) is 1.70. The van der Waals surface area contributed by atoms with Crippen LogP contribution in [0.3, 0.4) is 0 Å². The van der Waals surface area contributed by atoms with Gasteiger partial charge in [-0.3, -0.25) is 4.79 Å². The fraction of sp³-hybridized carbons (Fsp3) is 0.632. The van der Waals surface area contributed by atoms with E-state index in [1.54, 1.807) is 18.2 Å². The second-order valence-electron chi connectivity index (χ2n) is 8.76. The monoisotopic (exact) mass is 360 g/mol. The molecule has 5 nitrogen and oxygen atoms in total. The molecule has 1 aliphatic heterocycles. The number of nitrogens with one attached hydrogen (secondary N) is 2. The number of sulfonamides is 1. The molecule has 6 heteroatoms. The van der Waals surface area contributed by atoms with Crippen LogP contribution >= 0.6 is 0 Å². The molecule has 0 unspecified atom stereocenters. The van der Waals surface area contributed by atoms with Crippen molar-refractivity contribution in [2.75, 3.05) is 5.32 Å². The van der Waals surface area contributed by atoms with Crippen molar-refractivity contribution in [3.8, 4) is 0 Å². The summed E-state index contributed by atoms with van der Waals surface area (Å²) >= 11 is 0. The lowest BCUT2D eigenvalue weighted by atomic mass is 9.53. The molecule has 6 rings (SSSR count). The number of carbonyl (C=O) groups is 1. The molecule has 2 N–H and O–H groups in total. The number of fused-ring (bicyclic) bond motifs is 1. The Kier molecular flexibility index (Phi) is 3.21. The van der Waals surface area contributed by atoms with Crippen LogP contribution in [0.2, 0.25) is 0 Å². The van der Waals surface area contributed by atoms with E-state index < -0.39 is 10.0 Å². The maximum Gasteiger partial charge on any atom is 0.241 e. The summed E-state index contributed by atoms with van der Waals surface area (Å²) in [5.41, 5.74) is 1.26. The zero-order valence-corrected chi connectivity index (χ0v) is 15.2. The first-order valence-corrected chi connectivity index (χ1v) is 10.8. The summed E-state index contributed by atoms with van der Waals surface area (Å²) in [7, 11) is -3.57. The van der Waals surface area contributed by atoms with Crippen molar-refractivity contribution < 1.29 is 13.2 Å². The van der Waals surface area contributed by atoms with Gasteiger partial charge in [-0.25, -0.2) is 13.1 Å². The number of hydrogen-bond donors (Lipinski definition) is 2. The molecule has 4 aliphatic carbocycles. The van der Waals surface area contributed by atoms with Crippen molar-refractivity contribution in [1.29, 1.82) is 0 Å². The van der Waals surface area contributed by atoms with Crippen LogP contribution in [0.25, 0.3) is 0 Å². The minimum absolute atomic E-state index is 0.0707. The quantitative estimate of drug-likeness (QED) is 0.870. The van der Waals surface area contributed by atoms with Crippen LogP contribution in [0.15, 0.2) is 23.1 Å². The van der Waals surface area contributed by atoms with Crippen LogP contribution in [0.4, 0.5) is 5.69 Å². The zero-order valence-electron chi connectivity index (χ0n) is 14.4. The van der Waals surface area contributed by atoms with Gasteiger partial charge in [-0.2, -0.15) is 0 Å². The Morgan fingerprint density at radius 1 is 1.08 bits per heavy atom. The molecule has 25 heavy (non-hydrogen) atoms. The molecule has 1 amide bonds. The van der Waals surface area contributed by atoms with Crippen LogP contribution in [0.5, 0.6) is 0 Å². The highest BCUT2D eigenvalue weighted by atomic mass is 32.2. The van der Waals surface area contributed by atoms with Crippen molar-refractivity contribution in [1.82, 2.24) is 4.72 Å². The van der Waals surface area contributed by atoms with Gasteiger partial charge in [0.1, 0.15) is 0 Å². The van der Waals surface area contributed by atoms with Gasteiger partial charge in [-0.15, -0.1) is 0 Å². The molecule has 4 fully saturated rings. The fourth-order valence-electron chi connectivity index (χ4n) is 6.14. The first-order valence-electron chi connectivity index (χ1n) is 9.32. The minimum atomic E-state index is -3.57. The Bertz CT molecular complexity index is 826. The van der Waals surface area contributed by atoms with Gasteiger partial charge in [0.2, 0.25) is 15.9 Å². The van der Waals surface area contributed by atoms with Gasteiger partial charge in [0.05, 0.1) is 10.8 Å². The second-order valence-corrected chi connectivity index (χ2v) is 10.4. The molecule has 5 aliphatic rings. The van der Waals surface area contributed by atoms with Crippen LogP contribution in [0.1, 0.15) is 56.9 Å². The molecule has 4 saturated carbocycles. The Morgan fingerprint density at radius 3 is 2.28 bits per heavy atom. The summed E-state index contributed by atoms with van der Waals surface area (Å²) < 4.78 is 29.3. The van der Waals surface area contributed by atoms with Crippen LogP contribution in [-0.2, 0) is 14.8 Å². The highest BCUT2D eigenvalue weighted by Gasteiger charge is 2.52.